The highest BCUT2D eigenvalue weighted by Gasteiger charge is 2.36. The van der Waals surface area contributed by atoms with Gasteiger partial charge in [0.1, 0.15) is 4.90 Å². The van der Waals surface area contributed by atoms with E-state index in [0.29, 0.717) is 26.1 Å². The van der Waals surface area contributed by atoms with Gasteiger partial charge in [0, 0.05) is 32.2 Å². The van der Waals surface area contributed by atoms with Gasteiger partial charge in [0.05, 0.1) is 16.6 Å². The van der Waals surface area contributed by atoms with Gasteiger partial charge in [-0.15, -0.1) is 0 Å². The molecule has 0 aromatic heterocycles. The third-order valence-electron chi connectivity index (χ3n) is 4.46. The van der Waals surface area contributed by atoms with Gasteiger partial charge in [0.15, 0.2) is 0 Å². The second-order valence-corrected chi connectivity index (χ2v) is 8.67. The van der Waals surface area contributed by atoms with E-state index < -0.39 is 10.0 Å². The summed E-state index contributed by atoms with van der Waals surface area (Å²) >= 11 is 12.0. The summed E-state index contributed by atoms with van der Waals surface area (Å²) in [7, 11) is -3.74. The largest absolute Gasteiger partial charge is 0.336 e. The number of piperidine rings is 1. The van der Waals surface area contributed by atoms with Crippen molar-refractivity contribution in [2.75, 3.05) is 32.7 Å². The predicted octanol–water partition coefficient (Wildman–Crippen LogP) is 1.58. The van der Waals surface area contributed by atoms with E-state index in [4.69, 9.17) is 23.2 Å². The molecule has 1 aromatic carbocycles. The summed E-state index contributed by atoms with van der Waals surface area (Å²) in [4.78, 5) is 13.9. The molecule has 0 spiro atoms. The van der Waals surface area contributed by atoms with Crippen LogP contribution in [0.5, 0.6) is 0 Å². The summed E-state index contributed by atoms with van der Waals surface area (Å²) in [6.45, 7) is 2.35. The van der Waals surface area contributed by atoms with Crippen molar-refractivity contribution < 1.29 is 13.2 Å². The highest BCUT2D eigenvalue weighted by Crippen LogP contribution is 2.32. The molecule has 9 heteroatoms. The third-order valence-corrected chi connectivity index (χ3v) is 7.30. The molecule has 132 valence electrons. The van der Waals surface area contributed by atoms with Crippen molar-refractivity contribution in [2.45, 2.75) is 23.8 Å². The first-order valence-electron chi connectivity index (χ1n) is 7.85. The molecule has 0 radical (unpaired) electrons. The molecule has 2 saturated heterocycles. The van der Waals surface area contributed by atoms with Crippen molar-refractivity contribution in [1.29, 1.82) is 0 Å². The number of hydrogen-bond acceptors (Lipinski definition) is 4. The van der Waals surface area contributed by atoms with Gasteiger partial charge in [-0.05, 0) is 25.0 Å². The molecule has 1 aromatic rings. The molecule has 1 unspecified atom stereocenters. The monoisotopic (exact) mass is 391 g/mol. The van der Waals surface area contributed by atoms with Gasteiger partial charge in [0.25, 0.3) is 0 Å². The normalized spacial score (nSPS) is 23.5. The number of nitrogens with zero attached hydrogens (tertiary/aromatic N) is 2. The van der Waals surface area contributed by atoms with Crippen LogP contribution in [-0.4, -0.2) is 62.3 Å². The smallest absolute Gasteiger partial charge is 0.244 e. The number of piperazine rings is 1. The van der Waals surface area contributed by atoms with Crippen LogP contribution in [0.15, 0.2) is 23.1 Å². The number of hydrogen-bond donors (Lipinski definition) is 1. The fourth-order valence-electron chi connectivity index (χ4n) is 3.22. The Hall–Kier alpha value is -0.860. The zero-order valence-electron chi connectivity index (χ0n) is 13.0. The molecule has 2 heterocycles. The van der Waals surface area contributed by atoms with Crippen LogP contribution in [0.3, 0.4) is 0 Å². The molecule has 2 fully saturated rings. The molecule has 2 aliphatic heterocycles. The number of sulfonamides is 1. The van der Waals surface area contributed by atoms with Crippen LogP contribution in [0.2, 0.25) is 10.0 Å². The summed E-state index contributed by atoms with van der Waals surface area (Å²) in [5.41, 5.74) is 0. The Balaban J connectivity index is 1.83. The molecule has 0 saturated carbocycles. The quantitative estimate of drug-likeness (QED) is 0.848. The molecule has 1 amide bonds. The molecule has 0 bridgehead atoms. The zero-order chi connectivity index (χ0) is 17.3. The van der Waals surface area contributed by atoms with E-state index >= 15 is 0 Å². The van der Waals surface area contributed by atoms with Crippen molar-refractivity contribution in [2.24, 2.45) is 0 Å². The van der Waals surface area contributed by atoms with Crippen LogP contribution < -0.4 is 5.32 Å². The van der Waals surface area contributed by atoms with E-state index in [0.717, 1.165) is 13.0 Å². The number of carbonyl (C=O) groups excluding carboxylic acids is 1. The second-order valence-electron chi connectivity index (χ2n) is 5.97. The van der Waals surface area contributed by atoms with Gasteiger partial charge in [-0.1, -0.05) is 29.3 Å². The minimum absolute atomic E-state index is 0.0176. The average Bonchev–Trinajstić information content (AvgIpc) is 2.58. The fraction of sp³-hybridized carbons (Fsp3) is 0.533. The van der Waals surface area contributed by atoms with Gasteiger partial charge in [-0.25, -0.2) is 8.42 Å². The minimum Gasteiger partial charge on any atom is -0.336 e. The minimum atomic E-state index is -3.74. The van der Waals surface area contributed by atoms with Crippen LogP contribution in [0.1, 0.15) is 12.8 Å². The maximum absolute atomic E-state index is 12.9. The van der Waals surface area contributed by atoms with Crippen molar-refractivity contribution in [3.63, 3.8) is 0 Å². The van der Waals surface area contributed by atoms with Gasteiger partial charge < -0.3 is 10.2 Å². The Bertz CT molecular complexity index is 741. The zero-order valence-corrected chi connectivity index (χ0v) is 15.4. The number of amides is 1. The van der Waals surface area contributed by atoms with Crippen LogP contribution in [-0.2, 0) is 14.8 Å². The van der Waals surface area contributed by atoms with E-state index in [9.17, 15) is 13.2 Å². The lowest BCUT2D eigenvalue weighted by atomic mass is 10.1. The highest BCUT2D eigenvalue weighted by atomic mass is 35.5. The van der Waals surface area contributed by atoms with E-state index in [-0.39, 0.29) is 33.4 Å². The maximum atomic E-state index is 12.9. The van der Waals surface area contributed by atoms with E-state index in [1.54, 1.807) is 17.0 Å². The van der Waals surface area contributed by atoms with E-state index in [1.807, 2.05) is 0 Å². The van der Waals surface area contributed by atoms with Crippen LogP contribution >= 0.6 is 23.2 Å². The summed E-state index contributed by atoms with van der Waals surface area (Å²) in [5, 5.41) is 3.28. The maximum Gasteiger partial charge on any atom is 0.244 e. The Morgan fingerprint density at radius 3 is 2.75 bits per heavy atom. The number of halogens is 2. The Morgan fingerprint density at radius 1 is 1.21 bits per heavy atom. The fourth-order valence-corrected chi connectivity index (χ4v) is 5.48. The number of rotatable bonds is 3. The molecule has 1 N–H and O–H groups in total. The van der Waals surface area contributed by atoms with E-state index in [2.05, 4.69) is 5.32 Å². The Kier molecular flexibility index (Phi) is 5.36. The lowest BCUT2D eigenvalue weighted by molar-refractivity contribution is -0.135. The van der Waals surface area contributed by atoms with Gasteiger partial charge in [-0.2, -0.15) is 4.31 Å². The molecular weight excluding hydrogens is 373 g/mol. The SMILES string of the molecule is O=C1CNCCN1C1CCCN(S(=O)(=O)c2cccc(Cl)c2Cl)C1. The molecular formula is C15H19Cl2N3O3S. The summed E-state index contributed by atoms with van der Waals surface area (Å²) in [6.07, 6.45) is 1.51. The number of nitrogens with one attached hydrogen (secondary N) is 1. The molecule has 0 aliphatic carbocycles. The first kappa shape index (κ1) is 17.9. The summed E-state index contributed by atoms with van der Waals surface area (Å²) in [6, 6.07) is 4.49. The third kappa shape index (κ3) is 3.41. The van der Waals surface area contributed by atoms with Gasteiger partial charge >= 0.3 is 0 Å². The van der Waals surface area contributed by atoms with Crippen molar-refractivity contribution >= 4 is 39.1 Å². The Morgan fingerprint density at radius 2 is 2.00 bits per heavy atom. The lowest BCUT2D eigenvalue weighted by Crippen LogP contribution is -2.57. The van der Waals surface area contributed by atoms with Crippen molar-refractivity contribution in [3.8, 4) is 0 Å². The van der Waals surface area contributed by atoms with Crippen LogP contribution in [0.4, 0.5) is 0 Å². The van der Waals surface area contributed by atoms with Crippen LogP contribution in [0.25, 0.3) is 0 Å². The lowest BCUT2D eigenvalue weighted by Gasteiger charge is -2.40. The highest BCUT2D eigenvalue weighted by molar-refractivity contribution is 7.89. The number of carbonyl (C=O) groups is 1. The van der Waals surface area contributed by atoms with Gasteiger partial charge in [0.2, 0.25) is 15.9 Å². The molecule has 2 aliphatic rings. The first-order valence-corrected chi connectivity index (χ1v) is 10.0. The first-order chi connectivity index (χ1) is 11.4. The summed E-state index contributed by atoms with van der Waals surface area (Å²) < 4.78 is 27.3. The van der Waals surface area contributed by atoms with Crippen molar-refractivity contribution in [1.82, 2.24) is 14.5 Å². The van der Waals surface area contributed by atoms with E-state index in [1.165, 1.54) is 10.4 Å². The average molecular weight is 392 g/mol. The number of benzene rings is 1. The topological polar surface area (TPSA) is 69.7 Å². The standard InChI is InChI=1S/C15H19Cl2N3O3S/c16-12-4-1-5-13(15(12)17)24(22,23)19-7-2-3-11(10-19)20-8-6-18-9-14(20)21/h1,4-5,11,18H,2-3,6-10H2. The summed E-state index contributed by atoms with van der Waals surface area (Å²) in [5.74, 6) is 0.0197. The Labute approximate surface area is 151 Å². The molecule has 1 atom stereocenters. The second kappa shape index (κ2) is 7.17. The molecule has 3 rings (SSSR count). The van der Waals surface area contributed by atoms with Gasteiger partial charge in [-0.3, -0.25) is 4.79 Å². The predicted molar refractivity (Wildman–Crippen MR) is 92.8 cm³/mol. The van der Waals surface area contributed by atoms with Crippen molar-refractivity contribution in [3.05, 3.63) is 28.2 Å². The molecule has 6 nitrogen and oxygen atoms in total. The molecule has 24 heavy (non-hydrogen) atoms. The van der Waals surface area contributed by atoms with Crippen LogP contribution in [0, 0.1) is 0 Å².